The molecule has 0 saturated carbocycles. The third-order valence-corrected chi connectivity index (χ3v) is 6.42. The highest BCUT2D eigenvalue weighted by atomic mass is 32.2. The van der Waals surface area contributed by atoms with E-state index in [0.717, 1.165) is 5.69 Å². The lowest BCUT2D eigenvalue weighted by atomic mass is 10.0. The normalized spacial score (nSPS) is 14.4. The van der Waals surface area contributed by atoms with Gasteiger partial charge in [-0.15, -0.1) is 0 Å². The average Bonchev–Trinajstić information content (AvgIpc) is 3.16. The summed E-state index contributed by atoms with van der Waals surface area (Å²) in [5.74, 6) is -1.01. The van der Waals surface area contributed by atoms with Crippen molar-refractivity contribution < 1.29 is 18.7 Å². The number of benzene rings is 1. The number of rotatable bonds is 6. The summed E-state index contributed by atoms with van der Waals surface area (Å²) >= 11 is 1.20. The minimum absolute atomic E-state index is 0.00797. The minimum Gasteiger partial charge on any atom is -0.488 e. The zero-order valence-corrected chi connectivity index (χ0v) is 21.8. The Balaban J connectivity index is 1.78. The summed E-state index contributed by atoms with van der Waals surface area (Å²) in [6.07, 6.45) is 3.13. The molecule has 0 bridgehead atoms. The van der Waals surface area contributed by atoms with Crippen LogP contribution < -0.4 is 10.1 Å². The number of aromatic nitrogens is 2. The van der Waals surface area contributed by atoms with Crippen LogP contribution in [-0.2, 0) is 6.54 Å². The fraction of sp³-hybridized carbons (Fsp3) is 0.320. The molecule has 3 heterocycles. The molecule has 4 rings (SSSR count). The highest BCUT2D eigenvalue weighted by Crippen LogP contribution is 2.41. The first-order valence-corrected chi connectivity index (χ1v) is 12.7. The summed E-state index contributed by atoms with van der Waals surface area (Å²) in [7, 11) is 2.06. The lowest BCUT2D eigenvalue weighted by molar-refractivity contribution is 0.0930. The Morgan fingerprint density at radius 3 is 2.71 bits per heavy atom. The molecule has 0 fully saturated rings. The number of nitrogens with zero attached hydrogens (tertiary/aromatic N) is 2. The number of alkyl halides is 1. The quantitative estimate of drug-likeness (QED) is 0.391. The number of pyridine rings is 1. The van der Waals surface area contributed by atoms with Gasteiger partial charge >= 0.3 is 0 Å². The lowest BCUT2D eigenvalue weighted by Crippen LogP contribution is -2.38. The van der Waals surface area contributed by atoms with E-state index in [4.69, 9.17) is 4.74 Å². The van der Waals surface area contributed by atoms with E-state index in [1.54, 1.807) is 17.2 Å². The molecule has 2 unspecified atom stereocenters. The Morgan fingerprint density at radius 1 is 1.29 bits per heavy atom. The van der Waals surface area contributed by atoms with E-state index in [1.807, 2.05) is 51.1 Å². The Bertz CT molecular complexity index is 1230. The number of anilines is 2. The van der Waals surface area contributed by atoms with Crippen molar-refractivity contribution in [1.82, 2.24) is 14.9 Å². The lowest BCUT2D eigenvalue weighted by Gasteiger charge is -2.28. The van der Waals surface area contributed by atoms with E-state index < -0.39 is 5.91 Å². The van der Waals surface area contributed by atoms with Crippen LogP contribution in [0.2, 0.25) is 0 Å². The molecular weight excluding hydrogens is 486 g/mol. The number of H-pyrrole nitrogens is 1. The van der Waals surface area contributed by atoms with Crippen molar-refractivity contribution in [3.63, 3.8) is 0 Å². The molecule has 0 aliphatic carbocycles. The van der Waals surface area contributed by atoms with Gasteiger partial charge in [-0.1, -0.05) is 60.0 Å². The van der Waals surface area contributed by atoms with Crippen molar-refractivity contribution >= 4 is 43.4 Å². The van der Waals surface area contributed by atoms with Crippen LogP contribution in [0, 0.1) is 0 Å². The average molecular weight is 515 g/mol. The van der Waals surface area contributed by atoms with E-state index >= 15 is 0 Å². The number of ether oxygens (including phenoxy) is 1. The molecule has 10 heteroatoms. The van der Waals surface area contributed by atoms with Gasteiger partial charge < -0.3 is 19.9 Å². The fourth-order valence-corrected chi connectivity index (χ4v) is 4.67. The number of para-hydroxylation sites is 1. The second-order valence-corrected chi connectivity index (χ2v) is 11.7. The van der Waals surface area contributed by atoms with Gasteiger partial charge in [-0.25, -0.2) is 4.39 Å². The summed E-state index contributed by atoms with van der Waals surface area (Å²) < 4.78 is 18.9. The molecule has 3 aromatic rings. The number of halogens is 1. The molecule has 7 nitrogen and oxygen atoms in total. The van der Waals surface area contributed by atoms with Crippen LogP contribution >= 0.6 is 21.0 Å². The number of aromatic amines is 1. The maximum Gasteiger partial charge on any atom is 0.282 e. The van der Waals surface area contributed by atoms with Gasteiger partial charge in [-0.05, 0) is 18.2 Å². The monoisotopic (exact) mass is 514 g/mol. The van der Waals surface area contributed by atoms with Gasteiger partial charge in [0.25, 0.3) is 5.24 Å². The molecule has 184 valence electrons. The highest BCUT2D eigenvalue weighted by Gasteiger charge is 2.34. The second kappa shape index (κ2) is 10.4. The summed E-state index contributed by atoms with van der Waals surface area (Å²) in [6, 6.07) is 11.3. The molecule has 0 radical (unpaired) electrons. The zero-order chi connectivity index (χ0) is 25.2. The zero-order valence-electron chi connectivity index (χ0n) is 19.8. The molecular formula is C25H28FN4O3PS. The number of fused-ring (bicyclic) bond motifs is 1. The van der Waals surface area contributed by atoms with Crippen molar-refractivity contribution in [2.45, 2.75) is 38.0 Å². The van der Waals surface area contributed by atoms with Gasteiger partial charge in [-0.3, -0.25) is 14.6 Å². The third-order valence-electron chi connectivity index (χ3n) is 5.19. The smallest absolute Gasteiger partial charge is 0.282 e. The van der Waals surface area contributed by atoms with E-state index in [0.29, 0.717) is 34.0 Å². The van der Waals surface area contributed by atoms with E-state index in [2.05, 4.69) is 24.5 Å². The molecule has 2 atom stereocenters. The van der Waals surface area contributed by atoms with Crippen molar-refractivity contribution in [2.75, 3.05) is 18.5 Å². The number of hydrogen-bond donors (Lipinski definition) is 2. The van der Waals surface area contributed by atoms with Gasteiger partial charge in [-0.2, -0.15) is 0 Å². The minimum atomic E-state index is -1.23. The predicted molar refractivity (Wildman–Crippen MR) is 141 cm³/mol. The van der Waals surface area contributed by atoms with Crippen molar-refractivity contribution in [2.24, 2.45) is 0 Å². The molecule has 0 spiro atoms. The van der Waals surface area contributed by atoms with Gasteiger partial charge in [0.15, 0.2) is 5.78 Å². The van der Waals surface area contributed by atoms with E-state index in [-0.39, 0.29) is 35.5 Å². The number of ketones is 1. The molecule has 1 aliphatic heterocycles. The SMILES string of the molecule is CC(C)(C)SC(=O)N1CC(=O)c2c([nH]c(-c3ccncc3OCC(F)P)c2Nc2ccccc2)C1. The maximum absolute atomic E-state index is 13.5. The number of hydrogen-bond acceptors (Lipinski definition) is 6. The molecule has 0 saturated heterocycles. The van der Waals surface area contributed by atoms with Crippen LogP contribution in [0.5, 0.6) is 5.75 Å². The first-order valence-electron chi connectivity index (χ1n) is 11.2. The predicted octanol–water partition coefficient (Wildman–Crippen LogP) is 6.02. The first kappa shape index (κ1) is 25.2. The van der Waals surface area contributed by atoms with Gasteiger partial charge in [0, 0.05) is 27.9 Å². The van der Waals surface area contributed by atoms with Crippen molar-refractivity contribution in [3.8, 4) is 17.0 Å². The number of thioether (sulfide) groups is 1. The third kappa shape index (κ3) is 6.03. The van der Waals surface area contributed by atoms with Crippen LogP contribution in [-0.4, -0.2) is 49.7 Å². The molecule has 1 aromatic carbocycles. The highest BCUT2D eigenvalue weighted by molar-refractivity contribution is 8.14. The summed E-state index contributed by atoms with van der Waals surface area (Å²) in [5, 5.41) is 3.22. The van der Waals surface area contributed by atoms with Crippen molar-refractivity contribution in [1.29, 1.82) is 0 Å². The molecule has 2 aromatic heterocycles. The number of nitrogens with one attached hydrogen (secondary N) is 2. The van der Waals surface area contributed by atoms with Crippen LogP contribution in [0.4, 0.5) is 20.6 Å². The first-order chi connectivity index (χ1) is 16.6. The summed E-state index contributed by atoms with van der Waals surface area (Å²) in [6.45, 7) is 5.99. The van der Waals surface area contributed by atoms with E-state index in [1.165, 1.54) is 18.0 Å². The molecule has 2 N–H and O–H groups in total. The summed E-state index contributed by atoms with van der Waals surface area (Å²) in [5.41, 5.74) is 3.77. The second-order valence-electron chi connectivity index (χ2n) is 9.18. The van der Waals surface area contributed by atoms with Gasteiger partial charge in [0.1, 0.15) is 18.3 Å². The Kier molecular flexibility index (Phi) is 7.47. The largest absolute Gasteiger partial charge is 0.488 e. The standard InChI is InChI=1S/C25H28FN4O3PS/c1-25(2,3)35-24(32)30-12-17-21(18(31)13-30)23(28-15-7-5-4-6-8-15)22(29-17)16-9-10-27-11-19(16)33-14-20(26)34/h4-11,20,28-29H,12-14,34H2,1-3H3. The Labute approximate surface area is 210 Å². The van der Waals surface area contributed by atoms with Crippen LogP contribution in [0.1, 0.15) is 36.8 Å². The Hall–Kier alpha value is -2.90. The number of amides is 1. The number of carbonyl (C=O) groups excluding carboxylic acids is 2. The van der Waals surface area contributed by atoms with Gasteiger partial charge in [0.2, 0.25) is 0 Å². The fourth-order valence-electron chi connectivity index (χ4n) is 3.80. The topological polar surface area (TPSA) is 87.3 Å². The van der Waals surface area contributed by atoms with Gasteiger partial charge in [0.05, 0.1) is 36.2 Å². The summed E-state index contributed by atoms with van der Waals surface area (Å²) in [4.78, 5) is 35.3. The van der Waals surface area contributed by atoms with E-state index in [9.17, 15) is 14.0 Å². The van der Waals surface area contributed by atoms with Crippen molar-refractivity contribution in [3.05, 3.63) is 60.0 Å². The van der Waals surface area contributed by atoms with Crippen LogP contribution in [0.25, 0.3) is 11.3 Å². The molecule has 35 heavy (non-hydrogen) atoms. The molecule has 1 aliphatic rings. The van der Waals surface area contributed by atoms with Crippen LogP contribution in [0.3, 0.4) is 0 Å². The number of Topliss-reactive ketones (excluding diaryl/α,β-unsaturated/α-hetero) is 1. The number of carbonyl (C=O) groups is 2. The van der Waals surface area contributed by atoms with Crippen LogP contribution in [0.15, 0.2) is 48.8 Å². The Morgan fingerprint density at radius 2 is 2.03 bits per heavy atom. The molecule has 1 amide bonds. The maximum atomic E-state index is 13.5.